The standard InChI is InChI=1S/C16H22N2O5/c19-10-12(20)16-15(21)14(18-4-6-22-7-5-18)13(23-16)8-11-2-1-3-17-9-11/h1-3,8-9,12,14-16,19-21H,4-7,10H2/b13-8-/t12-,14+,15-,16-/m1/s1. The largest absolute Gasteiger partial charge is 0.487 e. The quantitative estimate of drug-likeness (QED) is 0.670. The van der Waals surface area contributed by atoms with Crippen LogP contribution in [-0.4, -0.2) is 82.5 Å². The molecule has 3 N–H and O–H groups in total. The number of hydrogen-bond acceptors (Lipinski definition) is 7. The van der Waals surface area contributed by atoms with Crippen molar-refractivity contribution >= 4 is 6.08 Å². The fraction of sp³-hybridized carbons (Fsp3) is 0.562. The number of morpholine rings is 1. The molecule has 0 bridgehead atoms. The van der Waals surface area contributed by atoms with E-state index in [0.717, 1.165) is 5.56 Å². The maximum Gasteiger partial charge on any atom is 0.154 e. The van der Waals surface area contributed by atoms with Gasteiger partial charge in [-0.1, -0.05) is 6.07 Å². The van der Waals surface area contributed by atoms with Crippen LogP contribution in [0.3, 0.4) is 0 Å². The summed E-state index contributed by atoms with van der Waals surface area (Å²) in [5.41, 5.74) is 0.854. The number of aromatic nitrogens is 1. The van der Waals surface area contributed by atoms with Crippen molar-refractivity contribution in [2.75, 3.05) is 32.9 Å². The van der Waals surface area contributed by atoms with Gasteiger partial charge in [-0.05, 0) is 17.7 Å². The Morgan fingerprint density at radius 3 is 2.83 bits per heavy atom. The van der Waals surface area contributed by atoms with E-state index in [1.807, 2.05) is 18.2 Å². The summed E-state index contributed by atoms with van der Waals surface area (Å²) >= 11 is 0. The van der Waals surface area contributed by atoms with E-state index in [4.69, 9.17) is 9.47 Å². The molecule has 1 aromatic rings. The molecule has 3 heterocycles. The van der Waals surface area contributed by atoms with Crippen molar-refractivity contribution in [2.24, 2.45) is 0 Å². The molecule has 0 amide bonds. The van der Waals surface area contributed by atoms with Crippen molar-refractivity contribution in [2.45, 2.75) is 24.4 Å². The van der Waals surface area contributed by atoms with E-state index in [1.54, 1.807) is 12.4 Å². The third kappa shape index (κ3) is 3.54. The van der Waals surface area contributed by atoms with E-state index in [1.165, 1.54) is 0 Å². The molecule has 1 aromatic heterocycles. The lowest BCUT2D eigenvalue weighted by Crippen LogP contribution is -2.51. The topological polar surface area (TPSA) is 95.3 Å². The summed E-state index contributed by atoms with van der Waals surface area (Å²) < 4.78 is 11.1. The average molecular weight is 322 g/mol. The van der Waals surface area contributed by atoms with Crippen LogP contribution in [0.15, 0.2) is 30.3 Å². The number of hydrogen-bond donors (Lipinski definition) is 3. The highest BCUT2D eigenvalue weighted by Gasteiger charge is 2.47. The second-order valence-electron chi connectivity index (χ2n) is 5.75. The number of ether oxygens (including phenoxy) is 2. The molecule has 0 aliphatic carbocycles. The Morgan fingerprint density at radius 1 is 1.39 bits per heavy atom. The van der Waals surface area contributed by atoms with Gasteiger partial charge in [0, 0.05) is 25.5 Å². The molecule has 0 spiro atoms. The first-order valence-electron chi connectivity index (χ1n) is 7.78. The molecule has 0 aromatic carbocycles. The Labute approximate surface area is 134 Å². The zero-order valence-corrected chi connectivity index (χ0v) is 12.8. The van der Waals surface area contributed by atoms with Crippen molar-refractivity contribution < 1.29 is 24.8 Å². The van der Waals surface area contributed by atoms with Crippen molar-refractivity contribution in [3.05, 3.63) is 35.8 Å². The SMILES string of the molecule is OC[C@@H](O)[C@H]1O/C(=C\c2cccnc2)[C@H](N2CCOCC2)[C@H]1O. The molecule has 23 heavy (non-hydrogen) atoms. The highest BCUT2D eigenvalue weighted by atomic mass is 16.5. The lowest BCUT2D eigenvalue weighted by atomic mass is 10.0. The Morgan fingerprint density at radius 2 is 2.17 bits per heavy atom. The van der Waals surface area contributed by atoms with Crippen molar-refractivity contribution in [1.82, 2.24) is 9.88 Å². The third-order valence-electron chi connectivity index (χ3n) is 4.22. The predicted octanol–water partition coefficient (Wildman–Crippen LogP) is -0.764. The minimum absolute atomic E-state index is 0.370. The Balaban J connectivity index is 1.88. The zero-order chi connectivity index (χ0) is 16.2. The van der Waals surface area contributed by atoms with E-state index in [0.29, 0.717) is 32.1 Å². The first-order chi connectivity index (χ1) is 11.2. The molecule has 126 valence electrons. The van der Waals surface area contributed by atoms with Crippen LogP contribution >= 0.6 is 0 Å². The molecular formula is C16H22N2O5. The first kappa shape index (κ1) is 16.4. The van der Waals surface area contributed by atoms with E-state index >= 15 is 0 Å². The Bertz CT molecular complexity index is 533. The van der Waals surface area contributed by atoms with E-state index < -0.39 is 24.9 Å². The van der Waals surface area contributed by atoms with Gasteiger partial charge in [0.1, 0.15) is 18.0 Å². The van der Waals surface area contributed by atoms with Gasteiger partial charge in [-0.15, -0.1) is 0 Å². The smallest absolute Gasteiger partial charge is 0.154 e. The van der Waals surface area contributed by atoms with Crippen LogP contribution in [0.25, 0.3) is 6.08 Å². The fourth-order valence-electron chi connectivity index (χ4n) is 3.05. The maximum absolute atomic E-state index is 10.6. The normalized spacial score (nSPS) is 32.0. The van der Waals surface area contributed by atoms with Crippen molar-refractivity contribution in [1.29, 1.82) is 0 Å². The van der Waals surface area contributed by atoms with Crippen LogP contribution in [0, 0.1) is 0 Å². The second-order valence-corrected chi connectivity index (χ2v) is 5.75. The zero-order valence-electron chi connectivity index (χ0n) is 12.8. The minimum Gasteiger partial charge on any atom is -0.487 e. The predicted molar refractivity (Wildman–Crippen MR) is 82.4 cm³/mol. The molecule has 0 unspecified atom stereocenters. The van der Waals surface area contributed by atoms with Crippen molar-refractivity contribution in [3.8, 4) is 0 Å². The van der Waals surface area contributed by atoms with Gasteiger partial charge < -0.3 is 24.8 Å². The molecule has 3 rings (SSSR count). The number of rotatable bonds is 4. The molecule has 4 atom stereocenters. The molecule has 7 heteroatoms. The van der Waals surface area contributed by atoms with Gasteiger partial charge in [-0.2, -0.15) is 0 Å². The van der Waals surface area contributed by atoms with Gasteiger partial charge in [-0.25, -0.2) is 0 Å². The van der Waals surface area contributed by atoms with Crippen LogP contribution in [0.4, 0.5) is 0 Å². The molecule has 0 saturated carbocycles. The van der Waals surface area contributed by atoms with Crippen LogP contribution in [0.2, 0.25) is 0 Å². The van der Waals surface area contributed by atoms with Gasteiger partial charge in [0.15, 0.2) is 6.10 Å². The number of nitrogens with zero attached hydrogens (tertiary/aromatic N) is 2. The summed E-state index contributed by atoms with van der Waals surface area (Å²) in [6, 6.07) is 3.34. The monoisotopic (exact) mass is 322 g/mol. The van der Waals surface area contributed by atoms with Gasteiger partial charge in [0.25, 0.3) is 0 Å². The summed E-state index contributed by atoms with van der Waals surface area (Å²) in [6.07, 6.45) is 2.31. The molecule has 7 nitrogen and oxygen atoms in total. The molecule has 2 aliphatic heterocycles. The summed E-state index contributed by atoms with van der Waals surface area (Å²) in [4.78, 5) is 6.15. The maximum atomic E-state index is 10.6. The molecule has 2 saturated heterocycles. The van der Waals surface area contributed by atoms with Crippen LogP contribution < -0.4 is 0 Å². The van der Waals surface area contributed by atoms with Gasteiger partial charge >= 0.3 is 0 Å². The molecule has 2 aliphatic rings. The van der Waals surface area contributed by atoms with Crippen LogP contribution in [0.1, 0.15) is 5.56 Å². The summed E-state index contributed by atoms with van der Waals surface area (Å²) in [5.74, 6) is 0.574. The summed E-state index contributed by atoms with van der Waals surface area (Å²) in [5, 5.41) is 29.7. The Hall–Kier alpha value is -1.51. The first-order valence-corrected chi connectivity index (χ1v) is 7.78. The van der Waals surface area contributed by atoms with E-state index in [2.05, 4.69) is 9.88 Å². The highest BCUT2D eigenvalue weighted by Crippen LogP contribution is 2.32. The van der Waals surface area contributed by atoms with E-state index in [-0.39, 0.29) is 6.04 Å². The molecular weight excluding hydrogens is 300 g/mol. The number of pyridine rings is 1. The molecule has 0 radical (unpaired) electrons. The van der Waals surface area contributed by atoms with Crippen LogP contribution in [0.5, 0.6) is 0 Å². The third-order valence-corrected chi connectivity index (χ3v) is 4.22. The second kappa shape index (κ2) is 7.37. The van der Waals surface area contributed by atoms with Gasteiger partial charge in [-0.3, -0.25) is 9.88 Å². The summed E-state index contributed by atoms with van der Waals surface area (Å²) in [6.45, 7) is 2.08. The number of aliphatic hydroxyl groups is 3. The van der Waals surface area contributed by atoms with Gasteiger partial charge in [0.05, 0.1) is 25.9 Å². The van der Waals surface area contributed by atoms with Crippen molar-refractivity contribution in [3.63, 3.8) is 0 Å². The van der Waals surface area contributed by atoms with Crippen LogP contribution in [-0.2, 0) is 9.47 Å². The van der Waals surface area contributed by atoms with Gasteiger partial charge in [0.2, 0.25) is 0 Å². The minimum atomic E-state index is -1.13. The summed E-state index contributed by atoms with van der Waals surface area (Å²) in [7, 11) is 0. The fourth-order valence-corrected chi connectivity index (χ4v) is 3.05. The lowest BCUT2D eigenvalue weighted by Gasteiger charge is -2.33. The Kier molecular flexibility index (Phi) is 5.24. The number of aliphatic hydroxyl groups excluding tert-OH is 3. The highest BCUT2D eigenvalue weighted by molar-refractivity contribution is 5.52. The van der Waals surface area contributed by atoms with E-state index in [9.17, 15) is 15.3 Å². The average Bonchev–Trinajstić information content (AvgIpc) is 2.92. The molecule has 2 fully saturated rings. The lowest BCUT2D eigenvalue weighted by molar-refractivity contribution is -0.0640.